The number of rotatable bonds is 5. The zero-order valence-electron chi connectivity index (χ0n) is 12.8. The van der Waals surface area contributed by atoms with Crippen LogP contribution in [0, 0.1) is 0 Å². The summed E-state index contributed by atoms with van der Waals surface area (Å²) in [4.78, 5) is 16.5. The fourth-order valence-electron chi connectivity index (χ4n) is 3.11. The van der Waals surface area contributed by atoms with E-state index in [9.17, 15) is 9.90 Å². The summed E-state index contributed by atoms with van der Waals surface area (Å²) in [6, 6.07) is 0. The van der Waals surface area contributed by atoms with Gasteiger partial charge in [-0.25, -0.2) is 4.79 Å². The monoisotopic (exact) mass is 306 g/mol. The lowest BCUT2D eigenvalue weighted by molar-refractivity contribution is 0.195. The second kappa shape index (κ2) is 6.45. The van der Waals surface area contributed by atoms with Crippen molar-refractivity contribution in [3.63, 3.8) is 0 Å². The minimum Gasteiger partial charge on any atom is -0.388 e. The van der Waals surface area contributed by atoms with E-state index in [0.29, 0.717) is 18.3 Å². The highest BCUT2D eigenvalue weighted by molar-refractivity contribution is 5.03. The van der Waals surface area contributed by atoms with Crippen LogP contribution in [-0.2, 0) is 20.2 Å². The van der Waals surface area contributed by atoms with Crippen LogP contribution in [0.5, 0.6) is 0 Å². The van der Waals surface area contributed by atoms with E-state index in [2.05, 4.69) is 20.1 Å². The molecule has 0 unspecified atom stereocenters. The maximum absolute atomic E-state index is 11.5. The summed E-state index contributed by atoms with van der Waals surface area (Å²) in [5.41, 5.74) is -0.0607. The summed E-state index contributed by atoms with van der Waals surface area (Å²) in [5, 5.41) is 17.5. The van der Waals surface area contributed by atoms with Crippen molar-refractivity contribution < 1.29 is 5.11 Å². The van der Waals surface area contributed by atoms with Gasteiger partial charge in [0.15, 0.2) is 5.82 Å². The molecule has 0 aliphatic carbocycles. The number of H-pyrrole nitrogens is 1. The Morgan fingerprint density at radius 3 is 2.95 bits per heavy atom. The Kier molecular flexibility index (Phi) is 4.39. The third kappa shape index (κ3) is 2.97. The molecule has 2 N–H and O–H groups in total. The van der Waals surface area contributed by atoms with Gasteiger partial charge in [-0.05, 0) is 19.4 Å². The molecule has 0 bridgehead atoms. The van der Waals surface area contributed by atoms with E-state index in [-0.39, 0.29) is 12.3 Å². The molecular weight excluding hydrogens is 284 g/mol. The van der Waals surface area contributed by atoms with Gasteiger partial charge in [-0.15, -0.1) is 10.2 Å². The standard InChI is InChI=1S/C14H22N6O2/c1-18-12(10-21)16-17-13(18)11-3-2-5-19(9-11)7-8-20-6-4-15-14(20)22/h4,6,11,21H,2-3,5,7-10H2,1H3,(H,15,22)/t11-/m0/s1. The van der Waals surface area contributed by atoms with E-state index in [1.54, 1.807) is 17.0 Å². The first-order valence-corrected chi connectivity index (χ1v) is 7.64. The van der Waals surface area contributed by atoms with Crippen molar-refractivity contribution in [1.29, 1.82) is 0 Å². The summed E-state index contributed by atoms with van der Waals surface area (Å²) in [7, 11) is 1.90. The minimum atomic E-state index is -0.0870. The van der Waals surface area contributed by atoms with Crippen LogP contribution in [0.3, 0.4) is 0 Å². The zero-order chi connectivity index (χ0) is 15.5. The number of aliphatic hydroxyl groups excluding tert-OH is 1. The first-order valence-electron chi connectivity index (χ1n) is 7.64. The van der Waals surface area contributed by atoms with Crippen molar-refractivity contribution in [2.75, 3.05) is 19.6 Å². The highest BCUT2D eigenvalue weighted by atomic mass is 16.3. The smallest absolute Gasteiger partial charge is 0.325 e. The molecule has 1 fully saturated rings. The lowest BCUT2D eigenvalue weighted by Crippen LogP contribution is -2.38. The average Bonchev–Trinajstić information content (AvgIpc) is 3.11. The Hall–Kier alpha value is -1.93. The van der Waals surface area contributed by atoms with Crippen LogP contribution in [0.1, 0.15) is 30.4 Å². The quantitative estimate of drug-likeness (QED) is 0.790. The van der Waals surface area contributed by atoms with E-state index < -0.39 is 0 Å². The molecule has 2 aromatic rings. The molecule has 0 radical (unpaired) electrons. The summed E-state index contributed by atoms with van der Waals surface area (Å²) in [6.07, 6.45) is 5.63. The van der Waals surface area contributed by atoms with Crippen LogP contribution >= 0.6 is 0 Å². The molecule has 3 rings (SSSR count). The number of aromatic amines is 1. The first kappa shape index (κ1) is 15.0. The molecule has 0 saturated carbocycles. The minimum absolute atomic E-state index is 0.0607. The molecule has 0 amide bonds. The third-order valence-electron chi connectivity index (χ3n) is 4.39. The number of nitrogens with one attached hydrogen (secondary N) is 1. The summed E-state index contributed by atoms with van der Waals surface area (Å²) in [5.74, 6) is 1.87. The molecule has 2 aromatic heterocycles. The van der Waals surface area contributed by atoms with Gasteiger partial charge in [-0.1, -0.05) is 0 Å². The van der Waals surface area contributed by atoms with E-state index in [1.165, 1.54) is 0 Å². The lowest BCUT2D eigenvalue weighted by Gasteiger charge is -2.32. The second-order valence-corrected chi connectivity index (χ2v) is 5.79. The second-order valence-electron chi connectivity index (χ2n) is 5.79. The van der Waals surface area contributed by atoms with Crippen molar-refractivity contribution in [1.82, 2.24) is 29.2 Å². The van der Waals surface area contributed by atoms with E-state index in [0.717, 1.165) is 38.3 Å². The topological polar surface area (TPSA) is 92.0 Å². The number of likely N-dealkylation sites (tertiary alicyclic amines) is 1. The summed E-state index contributed by atoms with van der Waals surface area (Å²) < 4.78 is 3.58. The third-order valence-corrected chi connectivity index (χ3v) is 4.39. The van der Waals surface area contributed by atoms with Crippen molar-refractivity contribution >= 4 is 0 Å². The van der Waals surface area contributed by atoms with Gasteiger partial charge < -0.3 is 19.6 Å². The van der Waals surface area contributed by atoms with Crippen molar-refractivity contribution in [3.05, 3.63) is 34.5 Å². The van der Waals surface area contributed by atoms with Crippen molar-refractivity contribution in [3.8, 4) is 0 Å². The molecule has 1 atom stereocenters. The van der Waals surface area contributed by atoms with Crippen LogP contribution in [-0.4, -0.2) is 54.0 Å². The maximum atomic E-state index is 11.5. The maximum Gasteiger partial charge on any atom is 0.325 e. The largest absolute Gasteiger partial charge is 0.388 e. The number of hydrogen-bond donors (Lipinski definition) is 2. The van der Waals surface area contributed by atoms with Crippen LogP contribution in [0.25, 0.3) is 0 Å². The number of aliphatic hydroxyl groups is 1. The van der Waals surface area contributed by atoms with E-state index in [1.807, 2.05) is 11.6 Å². The van der Waals surface area contributed by atoms with Crippen LogP contribution in [0.15, 0.2) is 17.2 Å². The van der Waals surface area contributed by atoms with Gasteiger partial charge in [-0.2, -0.15) is 0 Å². The van der Waals surface area contributed by atoms with Gasteiger partial charge in [0.05, 0.1) is 0 Å². The fourth-order valence-corrected chi connectivity index (χ4v) is 3.11. The number of aromatic nitrogens is 5. The number of imidazole rings is 1. The Morgan fingerprint density at radius 2 is 2.27 bits per heavy atom. The molecule has 1 aliphatic rings. The van der Waals surface area contributed by atoms with Crippen molar-refractivity contribution in [2.24, 2.45) is 7.05 Å². The number of hydrogen-bond acceptors (Lipinski definition) is 5. The molecule has 0 spiro atoms. The Bertz CT molecular complexity index is 673. The highest BCUT2D eigenvalue weighted by Crippen LogP contribution is 2.25. The molecule has 22 heavy (non-hydrogen) atoms. The Balaban J connectivity index is 1.62. The number of nitrogens with zero attached hydrogens (tertiary/aromatic N) is 5. The highest BCUT2D eigenvalue weighted by Gasteiger charge is 2.25. The Morgan fingerprint density at radius 1 is 1.41 bits per heavy atom. The molecule has 1 saturated heterocycles. The fraction of sp³-hybridized carbons (Fsp3) is 0.643. The van der Waals surface area contributed by atoms with Gasteiger partial charge >= 0.3 is 5.69 Å². The van der Waals surface area contributed by atoms with Gasteiger partial charge in [-0.3, -0.25) is 4.57 Å². The summed E-state index contributed by atoms with van der Waals surface area (Å²) in [6.45, 7) is 3.40. The molecule has 0 aromatic carbocycles. The molecule has 120 valence electrons. The lowest BCUT2D eigenvalue weighted by atomic mass is 9.97. The normalized spacial score (nSPS) is 19.6. The molecule has 8 nitrogen and oxygen atoms in total. The predicted octanol–water partition coefficient (Wildman–Crippen LogP) is -0.323. The average molecular weight is 306 g/mol. The SMILES string of the molecule is Cn1c(CO)nnc1[C@H]1CCCN(CCn2cc[nH]c2=O)C1. The molecule has 3 heterocycles. The first-order chi connectivity index (χ1) is 10.7. The van der Waals surface area contributed by atoms with E-state index >= 15 is 0 Å². The van der Waals surface area contributed by atoms with Gasteiger partial charge in [0.2, 0.25) is 0 Å². The molecular formula is C14H22N6O2. The van der Waals surface area contributed by atoms with Gasteiger partial charge in [0.25, 0.3) is 0 Å². The van der Waals surface area contributed by atoms with E-state index in [4.69, 9.17) is 0 Å². The predicted molar refractivity (Wildman–Crippen MR) is 80.4 cm³/mol. The van der Waals surface area contributed by atoms with Crippen LogP contribution in [0.4, 0.5) is 0 Å². The van der Waals surface area contributed by atoms with Crippen LogP contribution in [0.2, 0.25) is 0 Å². The van der Waals surface area contributed by atoms with Crippen molar-refractivity contribution in [2.45, 2.75) is 31.9 Å². The van der Waals surface area contributed by atoms with Crippen LogP contribution < -0.4 is 5.69 Å². The Labute approximate surface area is 128 Å². The molecule has 8 heteroatoms. The summed E-state index contributed by atoms with van der Waals surface area (Å²) >= 11 is 0. The number of piperidine rings is 1. The van der Waals surface area contributed by atoms with Gasteiger partial charge in [0.1, 0.15) is 12.4 Å². The molecule has 1 aliphatic heterocycles. The van der Waals surface area contributed by atoms with Gasteiger partial charge in [0, 0.05) is 45.0 Å². The zero-order valence-corrected chi connectivity index (χ0v) is 12.8.